The molecule has 1 aromatic carbocycles. The first kappa shape index (κ1) is 9.06. The summed E-state index contributed by atoms with van der Waals surface area (Å²) in [4.78, 5) is 11.1. The average molecular weight is 190 g/mol. The Hall–Kier alpha value is -1.51. The number of hydrogen-bond donors (Lipinski definition) is 2. The minimum Gasteiger partial charge on any atom is -0.398 e. The van der Waals surface area contributed by atoms with E-state index in [-0.39, 0.29) is 11.9 Å². The molecule has 3 nitrogen and oxygen atoms in total. The largest absolute Gasteiger partial charge is 0.398 e. The number of amides is 1. The lowest BCUT2D eigenvalue weighted by atomic mass is 10.0. The molecule has 1 aliphatic heterocycles. The summed E-state index contributed by atoms with van der Waals surface area (Å²) < 4.78 is 0. The summed E-state index contributed by atoms with van der Waals surface area (Å²) in [6.45, 7) is 2.01. The summed E-state index contributed by atoms with van der Waals surface area (Å²) in [5.74, 6) is 0.120. The topological polar surface area (TPSA) is 55.1 Å². The third-order valence-corrected chi connectivity index (χ3v) is 2.61. The van der Waals surface area contributed by atoms with E-state index in [1.54, 1.807) is 0 Å². The van der Waals surface area contributed by atoms with Crippen LogP contribution in [0.5, 0.6) is 0 Å². The molecule has 1 fully saturated rings. The molecule has 1 amide bonds. The minimum absolute atomic E-state index is 0.114. The van der Waals surface area contributed by atoms with Crippen LogP contribution in [0.4, 0.5) is 5.69 Å². The lowest BCUT2D eigenvalue weighted by molar-refractivity contribution is -0.119. The zero-order valence-electron chi connectivity index (χ0n) is 8.21. The maximum atomic E-state index is 11.1. The summed E-state index contributed by atoms with van der Waals surface area (Å²) in [5, 5.41) is 2.91. The van der Waals surface area contributed by atoms with Gasteiger partial charge in [-0.1, -0.05) is 12.1 Å². The van der Waals surface area contributed by atoms with E-state index in [4.69, 9.17) is 5.73 Å². The summed E-state index contributed by atoms with van der Waals surface area (Å²) in [6.07, 6.45) is 1.46. The van der Waals surface area contributed by atoms with Crippen LogP contribution in [0.15, 0.2) is 18.2 Å². The van der Waals surface area contributed by atoms with Gasteiger partial charge in [-0.3, -0.25) is 4.79 Å². The third-order valence-electron chi connectivity index (χ3n) is 2.61. The third kappa shape index (κ3) is 1.58. The Morgan fingerprint density at radius 2 is 2.29 bits per heavy atom. The van der Waals surface area contributed by atoms with Crippen LogP contribution in [-0.2, 0) is 4.79 Å². The van der Waals surface area contributed by atoms with E-state index in [9.17, 15) is 4.79 Å². The molecule has 0 aliphatic carbocycles. The van der Waals surface area contributed by atoms with Gasteiger partial charge in [-0.15, -0.1) is 0 Å². The molecule has 1 aromatic rings. The van der Waals surface area contributed by atoms with Gasteiger partial charge in [0.05, 0.1) is 6.04 Å². The van der Waals surface area contributed by atoms with Gasteiger partial charge in [-0.2, -0.15) is 0 Å². The highest BCUT2D eigenvalue weighted by molar-refractivity contribution is 5.79. The average Bonchev–Trinajstić information content (AvgIpc) is 2.51. The van der Waals surface area contributed by atoms with Crippen LogP contribution in [0.2, 0.25) is 0 Å². The van der Waals surface area contributed by atoms with Crippen LogP contribution in [0.3, 0.4) is 0 Å². The maximum absolute atomic E-state index is 11.1. The minimum atomic E-state index is 0.114. The molecule has 1 saturated heterocycles. The Balaban J connectivity index is 2.28. The van der Waals surface area contributed by atoms with E-state index in [1.165, 1.54) is 0 Å². The van der Waals surface area contributed by atoms with Crippen molar-refractivity contribution in [3.8, 4) is 0 Å². The van der Waals surface area contributed by atoms with Crippen molar-refractivity contribution in [2.45, 2.75) is 25.8 Å². The van der Waals surface area contributed by atoms with E-state index in [2.05, 4.69) is 5.32 Å². The van der Waals surface area contributed by atoms with Crippen molar-refractivity contribution in [1.29, 1.82) is 0 Å². The van der Waals surface area contributed by atoms with Crippen LogP contribution in [0.1, 0.15) is 30.0 Å². The van der Waals surface area contributed by atoms with E-state index < -0.39 is 0 Å². The second-order valence-corrected chi connectivity index (χ2v) is 3.79. The van der Waals surface area contributed by atoms with Gasteiger partial charge in [0.15, 0.2) is 0 Å². The highest BCUT2D eigenvalue weighted by Crippen LogP contribution is 2.28. The second-order valence-electron chi connectivity index (χ2n) is 3.79. The quantitative estimate of drug-likeness (QED) is 0.660. The SMILES string of the molecule is Cc1ccc(C2CCC(=O)N2)c(N)c1. The number of nitrogen functional groups attached to an aromatic ring is 1. The summed E-state index contributed by atoms with van der Waals surface area (Å²) >= 11 is 0. The fraction of sp³-hybridized carbons (Fsp3) is 0.364. The Kier molecular flexibility index (Phi) is 2.15. The van der Waals surface area contributed by atoms with Crippen molar-refractivity contribution in [1.82, 2.24) is 5.32 Å². The van der Waals surface area contributed by atoms with Crippen molar-refractivity contribution in [2.75, 3.05) is 5.73 Å². The molecular weight excluding hydrogens is 176 g/mol. The molecule has 2 rings (SSSR count). The lowest BCUT2D eigenvalue weighted by Crippen LogP contribution is -2.19. The molecule has 0 spiro atoms. The Labute approximate surface area is 83.3 Å². The molecule has 0 radical (unpaired) electrons. The van der Waals surface area contributed by atoms with Crippen molar-refractivity contribution < 1.29 is 4.79 Å². The fourth-order valence-electron chi connectivity index (χ4n) is 1.86. The number of anilines is 1. The monoisotopic (exact) mass is 190 g/mol. The predicted molar refractivity (Wildman–Crippen MR) is 55.7 cm³/mol. The number of nitrogens with one attached hydrogen (secondary N) is 1. The Morgan fingerprint density at radius 1 is 1.50 bits per heavy atom. The zero-order valence-corrected chi connectivity index (χ0v) is 8.21. The Morgan fingerprint density at radius 3 is 2.86 bits per heavy atom. The molecule has 1 atom stereocenters. The van der Waals surface area contributed by atoms with Crippen molar-refractivity contribution in [3.63, 3.8) is 0 Å². The molecular formula is C11H14N2O. The summed E-state index contributed by atoms with van der Waals surface area (Å²) in [5.41, 5.74) is 8.86. The predicted octanol–water partition coefficient (Wildman–Crippen LogP) is 1.53. The van der Waals surface area contributed by atoms with Crippen molar-refractivity contribution in [2.24, 2.45) is 0 Å². The molecule has 1 unspecified atom stereocenters. The fourth-order valence-corrected chi connectivity index (χ4v) is 1.86. The van der Waals surface area contributed by atoms with E-state index in [0.29, 0.717) is 6.42 Å². The molecule has 0 saturated carbocycles. The molecule has 14 heavy (non-hydrogen) atoms. The van der Waals surface area contributed by atoms with Gasteiger partial charge in [0.2, 0.25) is 5.91 Å². The number of nitrogens with two attached hydrogens (primary N) is 1. The van der Waals surface area contributed by atoms with Gasteiger partial charge in [0.25, 0.3) is 0 Å². The van der Waals surface area contributed by atoms with Gasteiger partial charge < -0.3 is 11.1 Å². The van der Waals surface area contributed by atoms with Crippen molar-refractivity contribution >= 4 is 11.6 Å². The maximum Gasteiger partial charge on any atom is 0.220 e. The first-order chi connectivity index (χ1) is 6.66. The zero-order chi connectivity index (χ0) is 10.1. The van der Waals surface area contributed by atoms with Gasteiger partial charge >= 0.3 is 0 Å². The normalized spacial score (nSPS) is 20.9. The van der Waals surface area contributed by atoms with Gasteiger partial charge in [-0.25, -0.2) is 0 Å². The number of carbonyl (C=O) groups excluding carboxylic acids is 1. The molecule has 0 aromatic heterocycles. The molecule has 0 bridgehead atoms. The molecule has 3 heteroatoms. The van der Waals surface area contributed by atoms with E-state index in [1.807, 2.05) is 25.1 Å². The highest BCUT2D eigenvalue weighted by Gasteiger charge is 2.23. The van der Waals surface area contributed by atoms with Gasteiger partial charge in [-0.05, 0) is 30.5 Å². The number of carbonyl (C=O) groups is 1. The van der Waals surface area contributed by atoms with Crippen LogP contribution in [0.25, 0.3) is 0 Å². The summed E-state index contributed by atoms with van der Waals surface area (Å²) in [7, 11) is 0. The first-order valence-electron chi connectivity index (χ1n) is 4.82. The van der Waals surface area contributed by atoms with Crippen LogP contribution < -0.4 is 11.1 Å². The van der Waals surface area contributed by atoms with Gasteiger partial charge in [0.1, 0.15) is 0 Å². The van der Waals surface area contributed by atoms with E-state index >= 15 is 0 Å². The van der Waals surface area contributed by atoms with Crippen LogP contribution in [-0.4, -0.2) is 5.91 Å². The lowest BCUT2D eigenvalue weighted by Gasteiger charge is -2.13. The molecule has 1 aliphatic rings. The van der Waals surface area contributed by atoms with Crippen molar-refractivity contribution in [3.05, 3.63) is 29.3 Å². The Bertz CT molecular complexity index is 374. The van der Waals surface area contributed by atoms with Gasteiger partial charge in [0, 0.05) is 12.1 Å². The molecule has 74 valence electrons. The summed E-state index contributed by atoms with van der Waals surface area (Å²) in [6, 6.07) is 6.08. The number of aryl methyl sites for hydroxylation is 1. The standard InChI is InChI=1S/C11H14N2O/c1-7-2-3-8(9(12)6-7)10-4-5-11(14)13-10/h2-3,6,10H,4-5,12H2,1H3,(H,13,14). The second kappa shape index (κ2) is 3.33. The molecule has 1 heterocycles. The molecule has 3 N–H and O–H groups in total. The number of hydrogen-bond acceptors (Lipinski definition) is 2. The van der Waals surface area contributed by atoms with E-state index in [0.717, 1.165) is 23.2 Å². The highest BCUT2D eigenvalue weighted by atomic mass is 16.1. The first-order valence-corrected chi connectivity index (χ1v) is 4.82. The van der Waals surface area contributed by atoms with Crippen LogP contribution in [0, 0.1) is 6.92 Å². The number of rotatable bonds is 1. The number of benzene rings is 1. The smallest absolute Gasteiger partial charge is 0.220 e. The van der Waals surface area contributed by atoms with Crippen LogP contribution >= 0.6 is 0 Å².